The van der Waals surface area contributed by atoms with Crippen molar-refractivity contribution in [2.24, 2.45) is 0 Å². The molecule has 1 heterocycles. The fourth-order valence-electron chi connectivity index (χ4n) is 2.31. The summed E-state index contributed by atoms with van der Waals surface area (Å²) in [7, 11) is 1.45. The van der Waals surface area contributed by atoms with Crippen LogP contribution in [0.5, 0.6) is 5.75 Å². The number of hydrogen-bond donors (Lipinski definition) is 2. The number of rotatable bonds is 3. The summed E-state index contributed by atoms with van der Waals surface area (Å²) in [5.74, 6) is -0.942. The number of carbonyl (C=O) groups is 2. The van der Waals surface area contributed by atoms with Crippen LogP contribution in [-0.2, 0) is 4.79 Å². The van der Waals surface area contributed by atoms with Gasteiger partial charge in [-0.3, -0.25) is 4.79 Å². The summed E-state index contributed by atoms with van der Waals surface area (Å²) in [5, 5.41) is 9.10. The van der Waals surface area contributed by atoms with Crippen LogP contribution in [0.25, 0.3) is 0 Å². The molecule has 1 aliphatic heterocycles. The average molecular weight is 264 g/mol. The molecule has 1 aromatic rings. The lowest BCUT2D eigenvalue weighted by molar-refractivity contribution is -0.141. The highest BCUT2D eigenvalue weighted by Crippen LogP contribution is 2.26. The number of likely N-dealkylation sites (tertiary alicyclic amines) is 1. The molecule has 102 valence electrons. The topological polar surface area (TPSA) is 92.9 Å². The van der Waals surface area contributed by atoms with E-state index < -0.39 is 12.0 Å². The molecule has 0 unspecified atom stereocenters. The number of nitrogens with two attached hydrogens (primary N) is 1. The maximum absolute atomic E-state index is 12.4. The quantitative estimate of drug-likeness (QED) is 0.793. The van der Waals surface area contributed by atoms with Crippen molar-refractivity contribution in [3.63, 3.8) is 0 Å². The normalized spacial score (nSPS) is 18.4. The lowest BCUT2D eigenvalue weighted by atomic mass is 10.1. The van der Waals surface area contributed by atoms with Crippen molar-refractivity contribution in [3.05, 3.63) is 23.8 Å². The van der Waals surface area contributed by atoms with Gasteiger partial charge in [0.15, 0.2) is 0 Å². The zero-order valence-electron chi connectivity index (χ0n) is 10.6. The number of nitrogens with zero attached hydrogens (tertiary/aromatic N) is 1. The summed E-state index contributed by atoms with van der Waals surface area (Å²) < 4.78 is 5.13. The van der Waals surface area contributed by atoms with Gasteiger partial charge in [-0.2, -0.15) is 0 Å². The molecule has 19 heavy (non-hydrogen) atoms. The summed E-state index contributed by atoms with van der Waals surface area (Å²) >= 11 is 0. The minimum atomic E-state index is -0.972. The Morgan fingerprint density at radius 2 is 2.21 bits per heavy atom. The molecule has 0 bridgehead atoms. The van der Waals surface area contributed by atoms with Gasteiger partial charge in [-0.25, -0.2) is 4.79 Å². The Labute approximate surface area is 110 Å². The first-order valence-corrected chi connectivity index (χ1v) is 6.02. The molecule has 1 saturated heterocycles. The minimum absolute atomic E-state index is 0.332. The first kappa shape index (κ1) is 13.2. The Bertz CT molecular complexity index is 515. The van der Waals surface area contributed by atoms with Gasteiger partial charge in [-0.1, -0.05) is 0 Å². The lowest BCUT2D eigenvalue weighted by Gasteiger charge is -2.22. The van der Waals surface area contributed by atoms with Crippen LogP contribution in [0.4, 0.5) is 5.69 Å². The molecule has 6 heteroatoms. The number of nitrogen functional groups attached to an aromatic ring is 1. The molecule has 0 saturated carbocycles. The number of anilines is 1. The number of amides is 1. The minimum Gasteiger partial charge on any atom is -0.496 e. The fourth-order valence-corrected chi connectivity index (χ4v) is 2.31. The van der Waals surface area contributed by atoms with Crippen molar-refractivity contribution >= 4 is 17.6 Å². The van der Waals surface area contributed by atoms with E-state index in [0.29, 0.717) is 36.4 Å². The second-order valence-electron chi connectivity index (χ2n) is 4.45. The van der Waals surface area contributed by atoms with E-state index in [4.69, 9.17) is 15.6 Å². The van der Waals surface area contributed by atoms with E-state index in [2.05, 4.69) is 0 Å². The van der Waals surface area contributed by atoms with E-state index in [1.54, 1.807) is 18.2 Å². The van der Waals surface area contributed by atoms with Crippen LogP contribution in [0.15, 0.2) is 18.2 Å². The molecule has 1 aliphatic rings. The molecule has 1 amide bonds. The Morgan fingerprint density at radius 1 is 1.47 bits per heavy atom. The summed E-state index contributed by atoms with van der Waals surface area (Å²) in [6.45, 7) is 0.448. The molecular weight excluding hydrogens is 248 g/mol. The van der Waals surface area contributed by atoms with Crippen molar-refractivity contribution in [1.82, 2.24) is 4.90 Å². The van der Waals surface area contributed by atoms with Gasteiger partial charge in [0.05, 0.1) is 12.7 Å². The summed E-state index contributed by atoms with van der Waals surface area (Å²) in [6, 6.07) is 3.96. The highest BCUT2D eigenvalue weighted by Gasteiger charge is 2.35. The van der Waals surface area contributed by atoms with E-state index in [-0.39, 0.29) is 5.91 Å². The number of benzene rings is 1. The molecule has 0 aliphatic carbocycles. The van der Waals surface area contributed by atoms with Crippen molar-refractivity contribution in [3.8, 4) is 5.75 Å². The standard InChI is InChI=1S/C13H16N2O4/c1-19-11-7-8(14)4-5-9(11)12(16)15-6-2-3-10(15)13(17)18/h4-5,7,10H,2-3,6,14H2,1H3,(H,17,18)/t10-/m1/s1. The zero-order chi connectivity index (χ0) is 14.0. The van der Waals surface area contributed by atoms with Crippen molar-refractivity contribution in [1.29, 1.82) is 0 Å². The van der Waals surface area contributed by atoms with Crippen molar-refractivity contribution in [2.75, 3.05) is 19.4 Å². The van der Waals surface area contributed by atoms with Crippen LogP contribution in [0.1, 0.15) is 23.2 Å². The molecule has 0 spiro atoms. The Balaban J connectivity index is 2.31. The van der Waals surface area contributed by atoms with E-state index in [1.165, 1.54) is 12.0 Å². The first-order chi connectivity index (χ1) is 9.04. The number of hydrogen-bond acceptors (Lipinski definition) is 4. The molecule has 2 rings (SSSR count). The number of aliphatic carboxylic acids is 1. The number of ether oxygens (including phenoxy) is 1. The maximum atomic E-state index is 12.4. The largest absolute Gasteiger partial charge is 0.496 e. The summed E-state index contributed by atoms with van der Waals surface area (Å²) in [6.07, 6.45) is 1.18. The van der Waals surface area contributed by atoms with E-state index in [9.17, 15) is 9.59 Å². The molecule has 0 aromatic heterocycles. The predicted molar refractivity (Wildman–Crippen MR) is 69.1 cm³/mol. The van der Waals surface area contributed by atoms with Crippen molar-refractivity contribution in [2.45, 2.75) is 18.9 Å². The Hall–Kier alpha value is -2.24. The third-order valence-corrected chi connectivity index (χ3v) is 3.25. The van der Waals surface area contributed by atoms with E-state index >= 15 is 0 Å². The average Bonchev–Trinajstić information content (AvgIpc) is 2.87. The fraction of sp³-hybridized carbons (Fsp3) is 0.385. The second-order valence-corrected chi connectivity index (χ2v) is 4.45. The van der Waals surface area contributed by atoms with Crippen LogP contribution in [0.2, 0.25) is 0 Å². The third kappa shape index (κ3) is 2.47. The predicted octanol–water partition coefficient (Wildman–Crippen LogP) is 0.967. The zero-order valence-corrected chi connectivity index (χ0v) is 10.6. The molecule has 6 nitrogen and oxygen atoms in total. The SMILES string of the molecule is COc1cc(N)ccc1C(=O)N1CCC[C@@H]1C(=O)O. The Morgan fingerprint density at radius 3 is 2.84 bits per heavy atom. The molecule has 1 atom stereocenters. The summed E-state index contributed by atoms with van der Waals surface area (Å²) in [4.78, 5) is 24.9. The van der Waals surface area contributed by atoms with Gasteiger partial charge in [0.1, 0.15) is 11.8 Å². The third-order valence-electron chi connectivity index (χ3n) is 3.25. The van der Waals surface area contributed by atoms with Crippen LogP contribution in [-0.4, -0.2) is 41.6 Å². The van der Waals surface area contributed by atoms with Gasteiger partial charge in [0, 0.05) is 18.3 Å². The summed E-state index contributed by atoms with van der Waals surface area (Å²) in [5.41, 5.74) is 6.46. The van der Waals surface area contributed by atoms with Gasteiger partial charge < -0.3 is 20.5 Å². The maximum Gasteiger partial charge on any atom is 0.326 e. The smallest absolute Gasteiger partial charge is 0.326 e. The van der Waals surface area contributed by atoms with E-state index in [0.717, 1.165) is 0 Å². The van der Waals surface area contributed by atoms with Gasteiger partial charge in [0.2, 0.25) is 0 Å². The monoisotopic (exact) mass is 264 g/mol. The van der Waals surface area contributed by atoms with E-state index in [1.807, 2.05) is 0 Å². The molecule has 3 N–H and O–H groups in total. The molecule has 1 aromatic carbocycles. The number of methoxy groups -OCH3 is 1. The molecule has 1 fully saturated rings. The first-order valence-electron chi connectivity index (χ1n) is 6.02. The molecular formula is C13H16N2O4. The van der Waals surface area contributed by atoms with Gasteiger partial charge in [0.25, 0.3) is 5.91 Å². The number of carbonyl (C=O) groups excluding carboxylic acids is 1. The second kappa shape index (κ2) is 5.17. The number of carboxylic acids is 1. The van der Waals surface area contributed by atoms with Crippen LogP contribution < -0.4 is 10.5 Å². The highest BCUT2D eigenvalue weighted by molar-refractivity contribution is 5.99. The van der Waals surface area contributed by atoms with Gasteiger partial charge in [-0.05, 0) is 25.0 Å². The number of carboxylic acid groups (broad SMARTS) is 1. The Kier molecular flexibility index (Phi) is 3.59. The van der Waals surface area contributed by atoms with Crippen molar-refractivity contribution < 1.29 is 19.4 Å². The van der Waals surface area contributed by atoms with Gasteiger partial charge in [-0.15, -0.1) is 0 Å². The van der Waals surface area contributed by atoms with Crippen LogP contribution in [0, 0.1) is 0 Å². The molecule has 0 radical (unpaired) electrons. The van der Waals surface area contributed by atoms with Crippen LogP contribution in [0.3, 0.4) is 0 Å². The van der Waals surface area contributed by atoms with Crippen LogP contribution >= 0.6 is 0 Å². The van der Waals surface area contributed by atoms with Gasteiger partial charge >= 0.3 is 5.97 Å². The highest BCUT2D eigenvalue weighted by atomic mass is 16.5. The lowest BCUT2D eigenvalue weighted by Crippen LogP contribution is -2.40.